The number of pyridine rings is 1. The van der Waals surface area contributed by atoms with E-state index < -0.39 is 0 Å². The van der Waals surface area contributed by atoms with Crippen LogP contribution >= 0.6 is 0 Å². The van der Waals surface area contributed by atoms with Crippen LogP contribution in [0.5, 0.6) is 0 Å². The van der Waals surface area contributed by atoms with E-state index in [4.69, 9.17) is 9.98 Å². The van der Waals surface area contributed by atoms with Crippen molar-refractivity contribution in [3.05, 3.63) is 90.0 Å². The fraction of sp³-hybridized carbons (Fsp3) is 0.226. The monoisotopic (exact) mass is 483 g/mol. The molecule has 182 valence electrons. The van der Waals surface area contributed by atoms with Crippen LogP contribution in [0.2, 0.25) is 0 Å². The van der Waals surface area contributed by atoms with Gasteiger partial charge in [-0.25, -0.2) is 0 Å². The number of nitrogens with zero attached hydrogens (tertiary/aromatic N) is 4. The van der Waals surface area contributed by atoms with Gasteiger partial charge in [0.15, 0.2) is 0 Å². The number of rotatable bonds is 5. The first kappa shape index (κ1) is 23.3. The molecule has 1 saturated carbocycles. The molecule has 1 fully saturated rings. The second kappa shape index (κ2) is 10.1. The Balaban J connectivity index is 1.62. The Labute approximate surface area is 218 Å². The van der Waals surface area contributed by atoms with Crippen LogP contribution < -0.4 is 16.1 Å². The van der Waals surface area contributed by atoms with Crippen molar-refractivity contribution in [1.29, 1.82) is 0 Å². The molecule has 0 amide bonds. The maximum absolute atomic E-state index is 5.30. The molecule has 2 heterocycles. The fourth-order valence-corrected chi connectivity index (χ4v) is 5.25. The van der Waals surface area contributed by atoms with Gasteiger partial charge in [0.05, 0.1) is 0 Å². The van der Waals surface area contributed by atoms with Gasteiger partial charge in [-0.2, -0.15) is 0 Å². The van der Waals surface area contributed by atoms with Gasteiger partial charge in [-0.3, -0.25) is 4.98 Å². The van der Waals surface area contributed by atoms with E-state index in [-0.39, 0.29) is 0 Å². The molecule has 0 saturated heterocycles. The quantitative estimate of drug-likeness (QED) is 0.263. The molecule has 6 heteroatoms. The Bertz CT molecular complexity index is 1610. The Morgan fingerprint density at radius 2 is 1.76 bits per heavy atom. The molecule has 0 spiro atoms. The molecule has 37 heavy (non-hydrogen) atoms. The number of hydrogen-bond donors (Lipinski definition) is 1. The second-order valence-corrected chi connectivity index (χ2v) is 9.77. The van der Waals surface area contributed by atoms with E-state index in [0.29, 0.717) is 6.04 Å². The van der Waals surface area contributed by atoms with E-state index in [1.807, 2.05) is 32.2 Å². The molecule has 0 bridgehead atoms. The number of hydrogen-bond acceptors (Lipinski definition) is 4. The summed E-state index contributed by atoms with van der Waals surface area (Å²) >= 11 is 0. The van der Waals surface area contributed by atoms with Crippen molar-refractivity contribution in [2.45, 2.75) is 45.1 Å². The average molecular weight is 483 g/mol. The Morgan fingerprint density at radius 1 is 0.946 bits per heavy atom. The SMILES string of the molecule is C=Bc1ccc(-n2c3cc(=NC4CCCCC4)c(Nc4cccnc4C)cc-3nc3ccccc32)cc1. The Hall–Kier alpha value is -4.06. The molecule has 0 atom stereocenters. The molecule has 3 aliphatic rings. The molecule has 3 aromatic rings. The third-order valence-corrected chi connectivity index (χ3v) is 7.26. The van der Waals surface area contributed by atoms with Gasteiger partial charge in [0.25, 0.3) is 0 Å². The molecule has 2 aliphatic carbocycles. The van der Waals surface area contributed by atoms with E-state index in [1.54, 1.807) is 0 Å². The fourth-order valence-electron chi connectivity index (χ4n) is 5.25. The summed E-state index contributed by atoms with van der Waals surface area (Å²) in [5.74, 6) is 0. The number of aryl methyl sites for hydroxylation is 1. The van der Waals surface area contributed by atoms with Crippen LogP contribution in [0.15, 0.2) is 84.0 Å². The van der Waals surface area contributed by atoms with Crippen LogP contribution in [-0.2, 0) is 0 Å². The van der Waals surface area contributed by atoms with Gasteiger partial charge < -0.3 is 0 Å². The molecule has 1 aromatic heterocycles. The summed E-state index contributed by atoms with van der Waals surface area (Å²) in [6.07, 6.45) is 7.90. The zero-order valence-corrected chi connectivity index (χ0v) is 21.2. The average Bonchev–Trinajstić information content (AvgIpc) is 2.94. The van der Waals surface area contributed by atoms with E-state index in [0.717, 1.165) is 68.8 Å². The van der Waals surface area contributed by atoms with Crippen LogP contribution in [-0.4, -0.2) is 34.0 Å². The molecule has 0 unspecified atom stereocenters. The van der Waals surface area contributed by atoms with Gasteiger partial charge >= 0.3 is 188 Å². The predicted molar refractivity (Wildman–Crippen MR) is 155 cm³/mol. The van der Waals surface area contributed by atoms with Crippen molar-refractivity contribution in [3.8, 4) is 17.1 Å². The summed E-state index contributed by atoms with van der Waals surface area (Å²) < 4.78 is 2.30. The first-order valence-corrected chi connectivity index (χ1v) is 13.1. The molecular formula is C31H30BN5. The molecular weight excluding hydrogens is 453 g/mol. The summed E-state index contributed by atoms with van der Waals surface area (Å²) in [5.41, 5.74) is 9.04. The van der Waals surface area contributed by atoms with E-state index in [9.17, 15) is 0 Å². The van der Waals surface area contributed by atoms with Gasteiger partial charge in [0, 0.05) is 6.20 Å². The van der Waals surface area contributed by atoms with Crippen molar-refractivity contribution in [2.75, 3.05) is 5.32 Å². The van der Waals surface area contributed by atoms with Gasteiger partial charge in [0.1, 0.15) is 0 Å². The standard InChI is InChI=1S/C31H30BN5/c1-21-25(12-8-18-33-21)35-27-19-29-31(20-28(27)34-23-9-4-3-5-10-23)37(24-16-14-22(32-2)15-17-24)30-13-7-6-11-26(30)36-29/h6-8,11-20,23,35H,2-5,9-10H2,1H3. The molecule has 1 aliphatic heterocycles. The van der Waals surface area contributed by atoms with Gasteiger partial charge in [0.2, 0.25) is 0 Å². The minimum atomic E-state index is 0.343. The molecule has 1 N–H and O–H groups in total. The van der Waals surface area contributed by atoms with Gasteiger partial charge in [-0.1, -0.05) is 6.42 Å². The van der Waals surface area contributed by atoms with E-state index in [1.165, 1.54) is 19.3 Å². The number of anilines is 2. The normalized spacial score (nSPS) is 14.7. The van der Waals surface area contributed by atoms with Crippen molar-refractivity contribution in [1.82, 2.24) is 14.5 Å². The van der Waals surface area contributed by atoms with Crippen LogP contribution in [0.25, 0.3) is 28.1 Å². The van der Waals surface area contributed by atoms with Crippen molar-refractivity contribution < 1.29 is 0 Å². The Kier molecular flexibility index (Phi) is 6.39. The summed E-state index contributed by atoms with van der Waals surface area (Å²) in [6, 6.07) is 25.5. The summed E-state index contributed by atoms with van der Waals surface area (Å²) in [5, 5.41) is 4.60. The molecule has 0 radical (unpaired) electrons. The van der Waals surface area contributed by atoms with Gasteiger partial charge in [-0.15, -0.1) is 0 Å². The molecule has 2 aromatic carbocycles. The first-order chi connectivity index (χ1) is 18.2. The van der Waals surface area contributed by atoms with Crippen LogP contribution in [0.1, 0.15) is 37.8 Å². The van der Waals surface area contributed by atoms with Crippen LogP contribution in [0, 0.1) is 6.92 Å². The zero-order chi connectivity index (χ0) is 25.2. The third kappa shape index (κ3) is 4.71. The Morgan fingerprint density at radius 3 is 2.54 bits per heavy atom. The third-order valence-electron chi connectivity index (χ3n) is 7.26. The van der Waals surface area contributed by atoms with Crippen molar-refractivity contribution in [3.63, 3.8) is 0 Å². The summed E-state index contributed by atoms with van der Waals surface area (Å²) in [7, 11) is 0. The summed E-state index contributed by atoms with van der Waals surface area (Å²) in [6.45, 7) is 7.80. The predicted octanol–water partition coefficient (Wildman–Crippen LogP) is 5.57. The van der Waals surface area contributed by atoms with Crippen molar-refractivity contribution in [2.24, 2.45) is 4.99 Å². The first-order valence-electron chi connectivity index (χ1n) is 13.1. The zero-order valence-electron chi connectivity index (χ0n) is 21.2. The minimum absolute atomic E-state index is 0.343. The summed E-state index contributed by atoms with van der Waals surface area (Å²) in [4.78, 5) is 14.8. The van der Waals surface area contributed by atoms with Gasteiger partial charge in [-0.05, 0) is 13.0 Å². The second-order valence-electron chi connectivity index (χ2n) is 9.77. The molecule has 6 rings (SSSR count). The van der Waals surface area contributed by atoms with Crippen molar-refractivity contribution >= 4 is 41.3 Å². The topological polar surface area (TPSA) is 55.1 Å². The number of para-hydroxylation sites is 2. The van der Waals surface area contributed by atoms with E-state index in [2.05, 4.69) is 82.0 Å². The van der Waals surface area contributed by atoms with E-state index >= 15 is 0 Å². The number of aromatic nitrogens is 3. The molecule has 5 nitrogen and oxygen atoms in total. The number of fused-ring (bicyclic) bond motifs is 2. The maximum atomic E-state index is 5.30. The number of nitrogens with one attached hydrogen (secondary N) is 1. The number of benzene rings is 3. The van der Waals surface area contributed by atoms with Crippen LogP contribution in [0.3, 0.4) is 0 Å². The van der Waals surface area contributed by atoms with Crippen LogP contribution in [0.4, 0.5) is 11.4 Å².